The minimum atomic E-state index is 0.560. The Bertz CT molecular complexity index is 1520. The lowest BCUT2D eigenvalue weighted by atomic mass is 9.99. The van der Waals surface area contributed by atoms with Gasteiger partial charge in [-0.2, -0.15) is 5.26 Å². The molecule has 0 aliphatic carbocycles. The highest BCUT2D eigenvalue weighted by Crippen LogP contribution is 2.51. The molecular formula is C30H19N3S. The van der Waals surface area contributed by atoms with Crippen LogP contribution >= 0.6 is 11.8 Å². The Balaban J connectivity index is 1.44. The van der Waals surface area contributed by atoms with Gasteiger partial charge < -0.3 is 4.90 Å². The van der Waals surface area contributed by atoms with Crippen molar-refractivity contribution in [2.75, 3.05) is 4.90 Å². The van der Waals surface area contributed by atoms with Crippen molar-refractivity contribution in [3.05, 3.63) is 121 Å². The molecular weight excluding hydrogens is 434 g/mol. The van der Waals surface area contributed by atoms with E-state index in [1.807, 2.05) is 17.8 Å². The van der Waals surface area contributed by atoms with Crippen molar-refractivity contribution in [1.29, 1.82) is 5.26 Å². The largest absolute Gasteiger partial charge is 0.308 e. The summed E-state index contributed by atoms with van der Waals surface area (Å²) in [4.78, 5) is 9.06. The van der Waals surface area contributed by atoms with Crippen LogP contribution in [0, 0.1) is 11.3 Å². The van der Waals surface area contributed by atoms with E-state index >= 15 is 0 Å². The Kier molecular flexibility index (Phi) is 5.10. The van der Waals surface area contributed by atoms with E-state index in [1.54, 1.807) is 12.4 Å². The van der Waals surface area contributed by atoms with E-state index in [2.05, 4.69) is 113 Å². The van der Waals surface area contributed by atoms with Crippen molar-refractivity contribution in [1.82, 2.24) is 4.98 Å². The Morgan fingerprint density at radius 3 is 1.94 bits per heavy atom. The summed E-state index contributed by atoms with van der Waals surface area (Å²) in [6, 6.07) is 38.2. The highest BCUT2D eigenvalue weighted by atomic mass is 32.2. The van der Waals surface area contributed by atoms with Crippen molar-refractivity contribution >= 4 is 28.8 Å². The number of pyridine rings is 1. The maximum absolute atomic E-state index is 9.24. The van der Waals surface area contributed by atoms with E-state index in [0.29, 0.717) is 5.56 Å². The van der Waals surface area contributed by atoms with Crippen LogP contribution in [0.5, 0.6) is 0 Å². The quantitative estimate of drug-likeness (QED) is 0.271. The van der Waals surface area contributed by atoms with Crippen LogP contribution in [0.15, 0.2) is 125 Å². The fraction of sp³-hybridized carbons (Fsp3) is 0. The van der Waals surface area contributed by atoms with Gasteiger partial charge in [-0.1, -0.05) is 66.4 Å². The molecule has 0 unspecified atom stereocenters. The predicted molar refractivity (Wildman–Crippen MR) is 139 cm³/mol. The topological polar surface area (TPSA) is 39.9 Å². The third-order valence-corrected chi connectivity index (χ3v) is 7.06. The van der Waals surface area contributed by atoms with Gasteiger partial charge in [-0.15, -0.1) is 0 Å². The smallest absolute Gasteiger partial charge is 0.101 e. The van der Waals surface area contributed by atoms with Gasteiger partial charge in [0.15, 0.2) is 0 Å². The summed E-state index contributed by atoms with van der Waals surface area (Å²) in [7, 11) is 0. The molecule has 0 saturated carbocycles. The van der Waals surface area contributed by atoms with Crippen molar-refractivity contribution in [3.8, 4) is 28.3 Å². The summed E-state index contributed by atoms with van der Waals surface area (Å²) < 4.78 is 0. The van der Waals surface area contributed by atoms with E-state index in [1.165, 1.54) is 21.2 Å². The van der Waals surface area contributed by atoms with E-state index in [9.17, 15) is 5.26 Å². The molecule has 0 saturated heterocycles. The third-order valence-electron chi connectivity index (χ3n) is 5.93. The van der Waals surface area contributed by atoms with Crippen molar-refractivity contribution in [2.24, 2.45) is 0 Å². The number of anilines is 3. The van der Waals surface area contributed by atoms with Crippen LogP contribution in [-0.2, 0) is 0 Å². The first-order chi connectivity index (χ1) is 16.8. The second kappa shape index (κ2) is 8.55. The lowest BCUT2D eigenvalue weighted by Gasteiger charge is -2.33. The monoisotopic (exact) mass is 453 g/mol. The summed E-state index contributed by atoms with van der Waals surface area (Å²) in [6.45, 7) is 0. The number of para-hydroxylation sites is 2. The Hall–Kier alpha value is -4.33. The Morgan fingerprint density at radius 2 is 1.24 bits per heavy atom. The van der Waals surface area contributed by atoms with Crippen LogP contribution in [0.3, 0.4) is 0 Å². The molecule has 0 atom stereocenters. The molecule has 0 radical (unpaired) electrons. The van der Waals surface area contributed by atoms with Gasteiger partial charge in [0.1, 0.15) is 6.07 Å². The fourth-order valence-electron chi connectivity index (χ4n) is 4.34. The van der Waals surface area contributed by atoms with Crippen molar-refractivity contribution in [2.45, 2.75) is 9.79 Å². The van der Waals surface area contributed by atoms with E-state index in [0.717, 1.165) is 27.9 Å². The number of hydrogen-bond donors (Lipinski definition) is 0. The molecule has 0 spiro atoms. The Labute approximate surface area is 203 Å². The fourth-order valence-corrected chi connectivity index (χ4v) is 5.40. The van der Waals surface area contributed by atoms with Crippen LogP contribution < -0.4 is 4.90 Å². The average Bonchev–Trinajstić information content (AvgIpc) is 2.92. The van der Waals surface area contributed by atoms with Gasteiger partial charge in [0, 0.05) is 33.4 Å². The summed E-state index contributed by atoms with van der Waals surface area (Å²) in [5.74, 6) is 0. The molecule has 1 aliphatic heterocycles. The van der Waals surface area contributed by atoms with Crippen LogP contribution in [0.25, 0.3) is 22.3 Å². The molecule has 6 rings (SSSR count). The van der Waals surface area contributed by atoms with E-state index in [4.69, 9.17) is 0 Å². The molecule has 1 aliphatic rings. The zero-order chi connectivity index (χ0) is 22.9. The van der Waals surface area contributed by atoms with Gasteiger partial charge in [0.25, 0.3) is 0 Å². The van der Waals surface area contributed by atoms with Gasteiger partial charge in [0.05, 0.1) is 16.9 Å². The molecule has 4 aromatic carbocycles. The first kappa shape index (κ1) is 20.3. The molecule has 5 aromatic rings. The zero-order valence-electron chi connectivity index (χ0n) is 18.2. The highest BCUT2D eigenvalue weighted by Gasteiger charge is 2.24. The molecule has 1 aromatic heterocycles. The maximum atomic E-state index is 9.24. The molecule has 0 N–H and O–H groups in total. The molecule has 2 heterocycles. The number of nitriles is 1. The molecule has 0 fully saturated rings. The maximum Gasteiger partial charge on any atom is 0.101 e. The first-order valence-corrected chi connectivity index (χ1v) is 11.8. The minimum absolute atomic E-state index is 0.560. The van der Waals surface area contributed by atoms with Gasteiger partial charge in [0.2, 0.25) is 0 Å². The Morgan fingerprint density at radius 1 is 0.618 bits per heavy atom. The number of hydrogen-bond acceptors (Lipinski definition) is 4. The van der Waals surface area contributed by atoms with Gasteiger partial charge in [-0.3, -0.25) is 4.98 Å². The number of benzene rings is 4. The van der Waals surface area contributed by atoms with Gasteiger partial charge >= 0.3 is 0 Å². The van der Waals surface area contributed by atoms with Crippen molar-refractivity contribution in [3.63, 3.8) is 0 Å². The number of fused-ring (bicyclic) bond motifs is 2. The molecule has 34 heavy (non-hydrogen) atoms. The van der Waals surface area contributed by atoms with Crippen LogP contribution in [-0.4, -0.2) is 4.98 Å². The molecule has 3 nitrogen and oxygen atoms in total. The summed E-state index contributed by atoms with van der Waals surface area (Å²) >= 11 is 1.81. The molecule has 0 bridgehead atoms. The average molecular weight is 454 g/mol. The second-order valence-corrected chi connectivity index (χ2v) is 9.16. The number of aromatic nitrogens is 1. The number of nitrogens with zero attached hydrogens (tertiary/aromatic N) is 3. The molecule has 160 valence electrons. The first-order valence-electron chi connectivity index (χ1n) is 11.0. The highest BCUT2D eigenvalue weighted by molar-refractivity contribution is 7.99. The summed E-state index contributed by atoms with van der Waals surface area (Å²) in [5, 5.41) is 9.24. The van der Waals surface area contributed by atoms with Crippen LogP contribution in [0.2, 0.25) is 0 Å². The van der Waals surface area contributed by atoms with Crippen LogP contribution in [0.4, 0.5) is 17.1 Å². The molecule has 0 amide bonds. The van der Waals surface area contributed by atoms with Crippen molar-refractivity contribution < 1.29 is 0 Å². The molecule has 4 heteroatoms. The van der Waals surface area contributed by atoms with Gasteiger partial charge in [-0.25, -0.2) is 0 Å². The zero-order valence-corrected chi connectivity index (χ0v) is 19.0. The predicted octanol–water partition coefficient (Wildman–Crippen LogP) is 8.22. The van der Waals surface area contributed by atoms with E-state index < -0.39 is 0 Å². The van der Waals surface area contributed by atoms with E-state index in [-0.39, 0.29) is 0 Å². The van der Waals surface area contributed by atoms with Gasteiger partial charge in [-0.05, 0) is 65.2 Å². The van der Waals surface area contributed by atoms with Crippen LogP contribution in [0.1, 0.15) is 5.56 Å². The SMILES string of the molecule is N#Cc1cncc(-c2cccc(-c3cccc(N4c5ccccc5Sc5ccccc54)c3)c2)c1. The number of rotatable bonds is 3. The lowest BCUT2D eigenvalue weighted by molar-refractivity contribution is 1.17. The normalized spacial score (nSPS) is 11.9. The summed E-state index contributed by atoms with van der Waals surface area (Å²) in [6.07, 6.45) is 3.39. The lowest BCUT2D eigenvalue weighted by Crippen LogP contribution is -2.14. The standard InChI is InChI=1S/C30H19N3S/c31-18-21-15-25(20-32-19-21)23-8-5-7-22(16-23)24-9-6-10-26(17-24)33-27-11-1-3-13-29(27)34-30-14-4-2-12-28(30)33/h1-17,19-20H. The minimum Gasteiger partial charge on any atom is -0.308 e. The third kappa shape index (κ3) is 3.63. The summed E-state index contributed by atoms with van der Waals surface area (Å²) in [5.41, 5.74) is 8.30. The second-order valence-electron chi connectivity index (χ2n) is 8.08.